The molecule has 2 aromatic heterocycles. The summed E-state index contributed by atoms with van der Waals surface area (Å²) in [4.78, 5) is 24.1. The molecule has 1 aliphatic rings. The molecule has 1 fully saturated rings. The topological polar surface area (TPSA) is 63.1 Å². The lowest BCUT2D eigenvalue weighted by molar-refractivity contribution is 0.0949. The second kappa shape index (κ2) is 11.2. The van der Waals surface area contributed by atoms with Crippen molar-refractivity contribution in [3.63, 3.8) is 0 Å². The van der Waals surface area contributed by atoms with Crippen molar-refractivity contribution in [1.29, 1.82) is 0 Å². The van der Waals surface area contributed by atoms with Gasteiger partial charge in [0.2, 0.25) is 0 Å². The highest BCUT2D eigenvalue weighted by atomic mass is 35.5. The third-order valence-corrected chi connectivity index (χ3v) is 7.57. The van der Waals surface area contributed by atoms with Crippen molar-refractivity contribution in [2.24, 2.45) is 0 Å². The molecular formula is C27H28ClN5OS. The molecule has 2 aromatic carbocycles. The molecule has 3 heterocycles. The molecule has 6 nitrogen and oxygen atoms in total. The number of nitrogens with zero attached hydrogens (tertiary/aromatic N) is 4. The number of fused-ring (bicyclic) bond motifs is 1. The Hall–Kier alpha value is -2.87. The number of benzene rings is 2. The predicted octanol–water partition coefficient (Wildman–Crippen LogP) is 5.25. The van der Waals surface area contributed by atoms with Gasteiger partial charge in [-0.2, -0.15) is 0 Å². The van der Waals surface area contributed by atoms with E-state index in [0.29, 0.717) is 18.7 Å². The third kappa shape index (κ3) is 6.04. The van der Waals surface area contributed by atoms with Gasteiger partial charge in [0.1, 0.15) is 0 Å². The number of nitrogens with one attached hydrogen (secondary N) is 1. The van der Waals surface area contributed by atoms with Crippen LogP contribution in [0.4, 0.5) is 0 Å². The zero-order valence-electron chi connectivity index (χ0n) is 19.5. The first-order valence-electron chi connectivity index (χ1n) is 11.9. The summed E-state index contributed by atoms with van der Waals surface area (Å²) < 4.78 is 2.19. The van der Waals surface area contributed by atoms with Gasteiger partial charge >= 0.3 is 0 Å². The van der Waals surface area contributed by atoms with E-state index in [1.54, 1.807) is 18.0 Å². The zero-order valence-corrected chi connectivity index (χ0v) is 21.1. The van der Waals surface area contributed by atoms with Crippen LogP contribution in [-0.4, -0.2) is 51.5 Å². The molecule has 0 spiro atoms. The summed E-state index contributed by atoms with van der Waals surface area (Å²) in [5, 5.41) is 4.72. The normalized spacial score (nSPS) is 14.0. The largest absolute Gasteiger partial charge is 0.351 e. The number of imidazole rings is 1. The Bertz CT molecular complexity index is 1280. The molecule has 1 saturated heterocycles. The monoisotopic (exact) mass is 505 g/mol. The molecule has 0 unspecified atom stereocenters. The Kier molecular flexibility index (Phi) is 7.66. The number of carbonyl (C=O) groups is 1. The first-order valence-corrected chi connectivity index (χ1v) is 13.3. The molecule has 0 radical (unpaired) electrons. The van der Waals surface area contributed by atoms with Gasteiger partial charge in [-0.05, 0) is 67.4 Å². The minimum atomic E-state index is -0.0211. The van der Waals surface area contributed by atoms with E-state index in [2.05, 4.69) is 19.8 Å². The molecule has 0 saturated carbocycles. The van der Waals surface area contributed by atoms with Gasteiger partial charge in [0.15, 0.2) is 5.16 Å². The highest BCUT2D eigenvalue weighted by molar-refractivity contribution is 7.98. The Morgan fingerprint density at radius 3 is 2.51 bits per heavy atom. The van der Waals surface area contributed by atoms with E-state index in [-0.39, 0.29) is 5.91 Å². The first-order chi connectivity index (χ1) is 17.2. The number of halogens is 1. The summed E-state index contributed by atoms with van der Waals surface area (Å²) in [5.41, 5.74) is 4.90. The molecule has 5 rings (SSSR count). The summed E-state index contributed by atoms with van der Waals surface area (Å²) in [6.07, 6.45) is 6.15. The van der Waals surface area contributed by atoms with Gasteiger partial charge in [-0.15, -0.1) is 0 Å². The fourth-order valence-corrected chi connectivity index (χ4v) is 5.42. The van der Waals surface area contributed by atoms with E-state index in [1.807, 2.05) is 60.8 Å². The summed E-state index contributed by atoms with van der Waals surface area (Å²) >= 11 is 7.71. The van der Waals surface area contributed by atoms with E-state index in [9.17, 15) is 4.79 Å². The Morgan fingerprint density at radius 2 is 1.74 bits per heavy atom. The van der Waals surface area contributed by atoms with Crippen LogP contribution in [0.1, 0.15) is 34.3 Å². The number of rotatable bonds is 9. The highest BCUT2D eigenvalue weighted by Crippen LogP contribution is 2.28. The fraction of sp³-hybridized carbons (Fsp3) is 0.296. The SMILES string of the molecule is O=C(NCCN1CCCC1)c1ccc(Cn2c(SCc3ccc(Cl)cc3)nc3ccncc32)cc1. The second-order valence-electron chi connectivity index (χ2n) is 8.76. The summed E-state index contributed by atoms with van der Waals surface area (Å²) in [7, 11) is 0. The Morgan fingerprint density at radius 1 is 1.00 bits per heavy atom. The minimum Gasteiger partial charge on any atom is -0.351 e. The number of likely N-dealkylation sites (tertiary alicyclic amines) is 1. The third-order valence-electron chi connectivity index (χ3n) is 6.27. The van der Waals surface area contributed by atoms with E-state index < -0.39 is 0 Å². The number of amides is 1. The number of hydrogen-bond acceptors (Lipinski definition) is 5. The first kappa shape index (κ1) is 23.9. The average Bonchev–Trinajstić information content (AvgIpc) is 3.52. The lowest BCUT2D eigenvalue weighted by Gasteiger charge is -2.14. The quantitative estimate of drug-likeness (QED) is 0.315. The van der Waals surface area contributed by atoms with Gasteiger partial charge in [-0.3, -0.25) is 9.78 Å². The second-order valence-corrected chi connectivity index (χ2v) is 10.1. The Labute approximate surface area is 214 Å². The van der Waals surface area contributed by atoms with Crippen LogP contribution >= 0.6 is 23.4 Å². The van der Waals surface area contributed by atoms with Crippen molar-refractivity contribution < 1.29 is 4.79 Å². The van der Waals surface area contributed by atoms with Crippen molar-refractivity contribution in [3.05, 3.63) is 88.7 Å². The zero-order chi connectivity index (χ0) is 24.0. The van der Waals surface area contributed by atoms with E-state index in [4.69, 9.17) is 16.6 Å². The molecule has 1 N–H and O–H groups in total. The number of carbonyl (C=O) groups excluding carboxylic acids is 1. The van der Waals surface area contributed by atoms with Crippen molar-refractivity contribution >= 4 is 40.3 Å². The summed E-state index contributed by atoms with van der Waals surface area (Å²) in [6.45, 7) is 4.54. The smallest absolute Gasteiger partial charge is 0.251 e. The van der Waals surface area contributed by atoms with Crippen LogP contribution in [0.15, 0.2) is 72.1 Å². The van der Waals surface area contributed by atoms with Crippen molar-refractivity contribution in [2.45, 2.75) is 30.3 Å². The van der Waals surface area contributed by atoms with Crippen LogP contribution in [0.25, 0.3) is 11.0 Å². The predicted molar refractivity (Wildman–Crippen MR) is 142 cm³/mol. The van der Waals surface area contributed by atoms with Gasteiger partial charge in [0, 0.05) is 35.6 Å². The minimum absolute atomic E-state index is 0.0211. The van der Waals surface area contributed by atoms with Gasteiger partial charge in [-0.1, -0.05) is 47.6 Å². The Balaban J connectivity index is 1.26. The van der Waals surface area contributed by atoms with Crippen molar-refractivity contribution in [2.75, 3.05) is 26.2 Å². The lowest BCUT2D eigenvalue weighted by Crippen LogP contribution is -2.33. The molecule has 4 aromatic rings. The van der Waals surface area contributed by atoms with Crippen LogP contribution < -0.4 is 5.32 Å². The van der Waals surface area contributed by atoms with Crippen LogP contribution in [-0.2, 0) is 12.3 Å². The number of hydrogen-bond donors (Lipinski definition) is 1. The van der Waals surface area contributed by atoms with E-state index in [1.165, 1.54) is 18.4 Å². The molecule has 35 heavy (non-hydrogen) atoms. The molecule has 0 atom stereocenters. The summed E-state index contributed by atoms with van der Waals surface area (Å²) in [5.74, 6) is 0.775. The van der Waals surface area contributed by atoms with Crippen LogP contribution in [0.2, 0.25) is 5.02 Å². The molecule has 0 bridgehead atoms. The molecule has 8 heteroatoms. The number of thioether (sulfide) groups is 1. The van der Waals surface area contributed by atoms with E-state index in [0.717, 1.165) is 52.2 Å². The average molecular weight is 506 g/mol. The van der Waals surface area contributed by atoms with Gasteiger partial charge < -0.3 is 14.8 Å². The van der Waals surface area contributed by atoms with Crippen LogP contribution in [0.5, 0.6) is 0 Å². The summed E-state index contributed by atoms with van der Waals surface area (Å²) in [6, 6.07) is 17.7. The highest BCUT2D eigenvalue weighted by Gasteiger charge is 2.14. The lowest BCUT2D eigenvalue weighted by atomic mass is 10.1. The maximum absolute atomic E-state index is 12.6. The van der Waals surface area contributed by atoms with Crippen molar-refractivity contribution in [1.82, 2.24) is 24.8 Å². The maximum Gasteiger partial charge on any atom is 0.251 e. The van der Waals surface area contributed by atoms with Crippen LogP contribution in [0, 0.1) is 0 Å². The fourth-order valence-electron chi connectivity index (χ4n) is 4.32. The van der Waals surface area contributed by atoms with Gasteiger partial charge in [0.05, 0.1) is 23.8 Å². The van der Waals surface area contributed by atoms with E-state index >= 15 is 0 Å². The maximum atomic E-state index is 12.6. The van der Waals surface area contributed by atoms with Gasteiger partial charge in [-0.25, -0.2) is 4.98 Å². The van der Waals surface area contributed by atoms with Crippen molar-refractivity contribution in [3.8, 4) is 0 Å². The standard InChI is InChI=1S/C27H28ClN5OS/c28-23-9-5-21(6-10-23)19-35-27-31-24-11-12-29-17-25(24)33(27)18-20-3-7-22(8-4-20)26(34)30-13-16-32-14-1-2-15-32/h3-12,17H,1-2,13-16,18-19H2,(H,30,34). The van der Waals surface area contributed by atoms with Gasteiger partial charge in [0.25, 0.3) is 5.91 Å². The van der Waals surface area contributed by atoms with Crippen LogP contribution in [0.3, 0.4) is 0 Å². The molecule has 1 aliphatic heterocycles. The molecule has 0 aliphatic carbocycles. The molecule has 1 amide bonds. The molecule has 180 valence electrons. The number of pyridine rings is 1. The number of aromatic nitrogens is 3. The molecular weight excluding hydrogens is 478 g/mol.